The second kappa shape index (κ2) is 6.51. The van der Waals surface area contributed by atoms with Crippen LogP contribution in [-0.2, 0) is 0 Å². The van der Waals surface area contributed by atoms with Gasteiger partial charge in [-0.1, -0.05) is 0 Å². The number of nitrogens with zero attached hydrogens (tertiary/aromatic N) is 2. The van der Waals surface area contributed by atoms with Gasteiger partial charge in [-0.25, -0.2) is 9.97 Å². The fraction of sp³-hybridized carbons (Fsp3) is 0.312. The van der Waals surface area contributed by atoms with E-state index in [2.05, 4.69) is 20.6 Å². The number of amides is 1. The molecule has 0 bridgehead atoms. The molecule has 0 spiro atoms. The highest BCUT2D eigenvalue weighted by atomic mass is 16.5. The van der Waals surface area contributed by atoms with Crippen LogP contribution in [0.2, 0.25) is 0 Å². The van der Waals surface area contributed by atoms with Gasteiger partial charge in [-0.05, 0) is 25.0 Å². The van der Waals surface area contributed by atoms with Crippen LogP contribution in [0.5, 0.6) is 11.5 Å². The maximum Gasteiger partial charge on any atom is 0.270 e. The summed E-state index contributed by atoms with van der Waals surface area (Å²) < 4.78 is 10.5. The predicted octanol–water partition coefficient (Wildman–Crippen LogP) is 2.13. The zero-order valence-electron chi connectivity index (χ0n) is 13.0. The Kier molecular flexibility index (Phi) is 4.27. The summed E-state index contributed by atoms with van der Waals surface area (Å²) in [6.45, 7) is 0. The summed E-state index contributed by atoms with van der Waals surface area (Å²) in [5.74, 6) is 1.65. The van der Waals surface area contributed by atoms with Crippen molar-refractivity contribution < 1.29 is 14.3 Å². The minimum absolute atomic E-state index is 0.181. The second-order valence-electron chi connectivity index (χ2n) is 5.23. The van der Waals surface area contributed by atoms with Crippen LogP contribution in [0.15, 0.2) is 30.6 Å². The number of benzene rings is 1. The lowest BCUT2D eigenvalue weighted by molar-refractivity contribution is 0.0946. The van der Waals surface area contributed by atoms with Gasteiger partial charge in [0.25, 0.3) is 5.91 Å². The maximum absolute atomic E-state index is 12.0. The monoisotopic (exact) mass is 314 g/mol. The molecule has 0 radical (unpaired) electrons. The van der Waals surface area contributed by atoms with Crippen molar-refractivity contribution in [2.45, 2.75) is 18.9 Å². The average molecular weight is 314 g/mol. The smallest absolute Gasteiger partial charge is 0.270 e. The molecule has 0 atom stereocenters. The summed E-state index contributed by atoms with van der Waals surface area (Å²) in [6.07, 6.45) is 3.43. The Balaban J connectivity index is 1.78. The molecule has 1 aliphatic rings. The predicted molar refractivity (Wildman–Crippen MR) is 85.3 cm³/mol. The normalized spacial score (nSPS) is 13.3. The van der Waals surface area contributed by atoms with E-state index in [9.17, 15) is 4.79 Å². The zero-order valence-corrected chi connectivity index (χ0v) is 13.0. The largest absolute Gasteiger partial charge is 0.497 e. The number of carbonyl (C=O) groups is 1. The average Bonchev–Trinajstić information content (AvgIpc) is 3.39. The van der Waals surface area contributed by atoms with Crippen molar-refractivity contribution in [3.05, 3.63) is 36.3 Å². The van der Waals surface area contributed by atoms with Crippen LogP contribution in [0.1, 0.15) is 23.3 Å². The number of nitrogens with one attached hydrogen (secondary N) is 2. The lowest BCUT2D eigenvalue weighted by Crippen LogP contribution is -2.26. The molecule has 1 heterocycles. The van der Waals surface area contributed by atoms with Gasteiger partial charge in [-0.3, -0.25) is 4.79 Å². The topological polar surface area (TPSA) is 85.4 Å². The van der Waals surface area contributed by atoms with Crippen molar-refractivity contribution in [2.24, 2.45) is 0 Å². The highest BCUT2D eigenvalue weighted by molar-refractivity contribution is 5.93. The van der Waals surface area contributed by atoms with Gasteiger partial charge in [0.1, 0.15) is 29.3 Å². The maximum atomic E-state index is 12.0. The van der Waals surface area contributed by atoms with Gasteiger partial charge in [-0.2, -0.15) is 0 Å². The van der Waals surface area contributed by atoms with Crippen molar-refractivity contribution in [3.63, 3.8) is 0 Å². The SMILES string of the molecule is COc1ccc(Nc2cc(C(=O)NC3CC3)ncn2)c(OC)c1. The van der Waals surface area contributed by atoms with Crippen molar-refractivity contribution in [3.8, 4) is 11.5 Å². The minimum atomic E-state index is -0.181. The van der Waals surface area contributed by atoms with Crippen molar-refractivity contribution >= 4 is 17.4 Å². The van der Waals surface area contributed by atoms with Gasteiger partial charge < -0.3 is 20.1 Å². The summed E-state index contributed by atoms with van der Waals surface area (Å²) in [5, 5.41) is 6.03. The molecule has 1 aromatic carbocycles. The van der Waals surface area contributed by atoms with Gasteiger partial charge in [-0.15, -0.1) is 0 Å². The standard InChI is InChI=1S/C16H18N4O3/c1-22-11-5-6-12(14(7-11)23-2)20-15-8-13(17-9-18-15)16(21)19-10-3-4-10/h5-10H,3-4H2,1-2H3,(H,19,21)(H,17,18,20). The van der Waals surface area contributed by atoms with E-state index in [1.807, 2.05) is 12.1 Å². The zero-order chi connectivity index (χ0) is 16.2. The summed E-state index contributed by atoms with van der Waals surface area (Å²) in [7, 11) is 3.17. The summed E-state index contributed by atoms with van der Waals surface area (Å²) in [4.78, 5) is 20.2. The van der Waals surface area contributed by atoms with Crippen LogP contribution in [0.4, 0.5) is 11.5 Å². The molecular formula is C16H18N4O3. The Morgan fingerprint density at radius 2 is 2.00 bits per heavy atom. The molecule has 0 unspecified atom stereocenters. The van der Waals surface area contributed by atoms with Crippen molar-refractivity contribution in [1.82, 2.24) is 15.3 Å². The first kappa shape index (κ1) is 15.1. The minimum Gasteiger partial charge on any atom is -0.497 e. The third kappa shape index (κ3) is 3.68. The van der Waals surface area contributed by atoms with E-state index in [0.717, 1.165) is 18.5 Å². The van der Waals surface area contributed by atoms with Gasteiger partial charge in [0.15, 0.2) is 0 Å². The number of methoxy groups -OCH3 is 2. The Morgan fingerprint density at radius 1 is 1.17 bits per heavy atom. The summed E-state index contributed by atoms with van der Waals surface area (Å²) in [6, 6.07) is 7.30. The van der Waals surface area contributed by atoms with Crippen LogP contribution >= 0.6 is 0 Å². The number of carbonyl (C=O) groups excluding carboxylic acids is 1. The fourth-order valence-electron chi connectivity index (χ4n) is 2.08. The Hall–Kier alpha value is -2.83. The van der Waals surface area contributed by atoms with Crippen LogP contribution in [0.25, 0.3) is 0 Å². The van der Waals surface area contributed by atoms with Crippen LogP contribution in [0, 0.1) is 0 Å². The Bertz CT molecular complexity index is 716. The van der Waals surface area contributed by atoms with Gasteiger partial charge in [0, 0.05) is 18.2 Å². The third-order valence-corrected chi connectivity index (χ3v) is 3.48. The molecule has 0 aliphatic heterocycles. The number of hydrogen-bond donors (Lipinski definition) is 2. The molecule has 3 rings (SSSR count). The Labute approximate surface area is 134 Å². The quantitative estimate of drug-likeness (QED) is 0.849. The fourth-order valence-corrected chi connectivity index (χ4v) is 2.08. The van der Waals surface area contributed by atoms with Crippen LogP contribution in [-0.4, -0.2) is 36.1 Å². The Morgan fingerprint density at radius 3 is 2.70 bits per heavy atom. The molecule has 2 aromatic rings. The lowest BCUT2D eigenvalue weighted by Gasteiger charge is -2.12. The molecule has 7 nitrogen and oxygen atoms in total. The molecule has 1 amide bonds. The van der Waals surface area contributed by atoms with Gasteiger partial charge in [0.2, 0.25) is 0 Å². The first-order chi connectivity index (χ1) is 11.2. The molecule has 23 heavy (non-hydrogen) atoms. The van der Waals surface area contributed by atoms with E-state index in [0.29, 0.717) is 23.0 Å². The summed E-state index contributed by atoms with van der Waals surface area (Å²) >= 11 is 0. The lowest BCUT2D eigenvalue weighted by atomic mass is 10.2. The van der Waals surface area contributed by atoms with Crippen molar-refractivity contribution in [1.29, 1.82) is 0 Å². The highest BCUT2D eigenvalue weighted by Gasteiger charge is 2.24. The molecule has 120 valence electrons. The van der Waals surface area contributed by atoms with E-state index < -0.39 is 0 Å². The molecule has 1 aliphatic carbocycles. The molecule has 0 saturated heterocycles. The molecular weight excluding hydrogens is 296 g/mol. The first-order valence-electron chi connectivity index (χ1n) is 7.31. The van der Waals surface area contributed by atoms with E-state index in [1.54, 1.807) is 26.4 Å². The molecule has 1 aromatic heterocycles. The van der Waals surface area contributed by atoms with Gasteiger partial charge in [0.05, 0.1) is 19.9 Å². The number of rotatable bonds is 6. The molecule has 2 N–H and O–H groups in total. The van der Waals surface area contributed by atoms with Crippen molar-refractivity contribution in [2.75, 3.05) is 19.5 Å². The van der Waals surface area contributed by atoms with Crippen LogP contribution < -0.4 is 20.1 Å². The van der Waals surface area contributed by atoms with E-state index >= 15 is 0 Å². The molecule has 1 fully saturated rings. The number of anilines is 2. The number of aromatic nitrogens is 2. The number of hydrogen-bond acceptors (Lipinski definition) is 6. The molecule has 1 saturated carbocycles. The molecule has 7 heteroatoms. The highest BCUT2D eigenvalue weighted by Crippen LogP contribution is 2.31. The van der Waals surface area contributed by atoms with E-state index in [1.165, 1.54) is 6.33 Å². The first-order valence-corrected chi connectivity index (χ1v) is 7.31. The third-order valence-electron chi connectivity index (χ3n) is 3.48. The van der Waals surface area contributed by atoms with E-state index in [4.69, 9.17) is 9.47 Å². The number of ether oxygens (including phenoxy) is 2. The summed E-state index contributed by atoms with van der Waals surface area (Å²) in [5.41, 5.74) is 1.06. The van der Waals surface area contributed by atoms with Gasteiger partial charge >= 0.3 is 0 Å². The second-order valence-corrected chi connectivity index (χ2v) is 5.23. The van der Waals surface area contributed by atoms with E-state index in [-0.39, 0.29) is 11.9 Å². The van der Waals surface area contributed by atoms with Crippen LogP contribution in [0.3, 0.4) is 0 Å².